The van der Waals surface area contributed by atoms with Gasteiger partial charge in [-0.05, 0) is 113 Å². The largest absolute Gasteiger partial charge is 0.310 e. The molecule has 7 aromatic carbocycles. The summed E-state index contributed by atoms with van der Waals surface area (Å²) in [7, 11) is 0. The fourth-order valence-electron chi connectivity index (χ4n) is 6.98. The van der Waals surface area contributed by atoms with Gasteiger partial charge in [0.1, 0.15) is 0 Å². The quantitative estimate of drug-likeness (QED) is 0.104. The average Bonchev–Trinajstić information content (AvgIpc) is 3.19. The van der Waals surface area contributed by atoms with Crippen LogP contribution in [0.2, 0.25) is 0 Å². The first-order valence-corrected chi connectivity index (χ1v) is 17.8. The van der Waals surface area contributed by atoms with E-state index < -0.39 is 0 Å². The lowest BCUT2D eigenvalue weighted by atomic mass is 9.92. The highest BCUT2D eigenvalue weighted by Gasteiger charge is 2.20. The summed E-state index contributed by atoms with van der Waals surface area (Å²) in [6.07, 6.45) is 15.8. The van der Waals surface area contributed by atoms with Gasteiger partial charge in [-0.25, -0.2) is 0 Å². The van der Waals surface area contributed by atoms with Crippen LogP contribution in [0.25, 0.3) is 49.4 Å². The monoisotopic (exact) mass is 657 g/mol. The first-order chi connectivity index (χ1) is 25.2. The first-order valence-electron chi connectivity index (χ1n) is 17.8. The molecule has 0 radical (unpaired) electrons. The molecule has 0 aromatic heterocycles. The molecule has 0 saturated heterocycles. The Kier molecular flexibility index (Phi) is 10.2. The van der Waals surface area contributed by atoms with E-state index in [1.165, 1.54) is 60.5 Å². The number of hydrogen-bond acceptors (Lipinski definition) is 1. The van der Waals surface area contributed by atoms with Gasteiger partial charge in [-0.2, -0.15) is 0 Å². The van der Waals surface area contributed by atoms with Crippen molar-refractivity contribution in [1.82, 2.24) is 0 Å². The van der Waals surface area contributed by atoms with Crippen LogP contribution in [0.15, 0.2) is 194 Å². The Morgan fingerprint density at radius 2 is 1.20 bits per heavy atom. The fourth-order valence-corrected chi connectivity index (χ4v) is 6.98. The van der Waals surface area contributed by atoms with E-state index in [4.69, 9.17) is 0 Å². The molecule has 0 saturated carbocycles. The van der Waals surface area contributed by atoms with Crippen molar-refractivity contribution in [1.29, 1.82) is 0 Å². The van der Waals surface area contributed by atoms with Crippen LogP contribution < -0.4 is 4.90 Å². The van der Waals surface area contributed by atoms with Gasteiger partial charge in [0.15, 0.2) is 0 Å². The van der Waals surface area contributed by atoms with E-state index in [-0.39, 0.29) is 0 Å². The molecule has 0 N–H and O–H groups in total. The van der Waals surface area contributed by atoms with Crippen molar-refractivity contribution in [3.63, 3.8) is 0 Å². The molecule has 0 fully saturated rings. The molecule has 7 aromatic rings. The van der Waals surface area contributed by atoms with Crippen LogP contribution in [0.5, 0.6) is 0 Å². The van der Waals surface area contributed by atoms with Gasteiger partial charge in [0.25, 0.3) is 0 Å². The number of benzene rings is 7. The standard InChI is InChI=1S/C50H43N/c1-4-7-8-10-18-37-25-27-41(28-26-37)46-34-33-44(36-49(46)40-19-11-9-12-20-40)51(43-31-29-39(30-32-43)38(6-3)17-5-2)50-35-42-21-13-14-22-45(42)47-23-15-16-24-48(47)50/h4-17,19-36H,18H2,1-3H3/b7-4-,10-8-,17-5-,38-6+. The Morgan fingerprint density at radius 3 is 1.92 bits per heavy atom. The minimum absolute atomic E-state index is 0.910. The molecule has 0 unspecified atom stereocenters. The molecule has 0 bridgehead atoms. The van der Waals surface area contributed by atoms with Crippen LogP contribution in [0.4, 0.5) is 17.1 Å². The molecule has 0 amide bonds. The molecule has 0 spiro atoms. The number of hydrogen-bond donors (Lipinski definition) is 0. The summed E-state index contributed by atoms with van der Waals surface area (Å²) in [4.78, 5) is 2.43. The molecule has 7 rings (SSSR count). The number of anilines is 3. The summed E-state index contributed by atoms with van der Waals surface area (Å²) in [5.74, 6) is 0. The van der Waals surface area contributed by atoms with Gasteiger partial charge in [-0.15, -0.1) is 0 Å². The predicted octanol–water partition coefficient (Wildman–Crippen LogP) is 14.5. The molecule has 51 heavy (non-hydrogen) atoms. The molecular weight excluding hydrogens is 615 g/mol. The van der Waals surface area contributed by atoms with Gasteiger partial charge in [-0.1, -0.05) is 164 Å². The zero-order valence-electron chi connectivity index (χ0n) is 29.6. The summed E-state index contributed by atoms with van der Waals surface area (Å²) >= 11 is 0. The van der Waals surface area contributed by atoms with Crippen molar-refractivity contribution >= 4 is 44.2 Å². The average molecular weight is 658 g/mol. The maximum absolute atomic E-state index is 2.43. The Bertz CT molecular complexity index is 2390. The summed E-state index contributed by atoms with van der Waals surface area (Å²) in [5, 5.41) is 4.94. The summed E-state index contributed by atoms with van der Waals surface area (Å²) in [6, 6.07) is 55.6. The van der Waals surface area contributed by atoms with E-state index in [1.807, 2.05) is 6.92 Å². The lowest BCUT2D eigenvalue weighted by Gasteiger charge is -2.29. The zero-order valence-corrected chi connectivity index (χ0v) is 29.6. The van der Waals surface area contributed by atoms with E-state index >= 15 is 0 Å². The minimum atomic E-state index is 0.910. The maximum atomic E-state index is 2.43. The third-order valence-corrected chi connectivity index (χ3v) is 9.51. The van der Waals surface area contributed by atoms with Gasteiger partial charge in [-0.3, -0.25) is 0 Å². The van der Waals surface area contributed by atoms with Crippen LogP contribution in [0.3, 0.4) is 0 Å². The van der Waals surface area contributed by atoms with Crippen LogP contribution in [0, 0.1) is 0 Å². The molecule has 1 heteroatoms. The lowest BCUT2D eigenvalue weighted by molar-refractivity contribution is 1.27. The molecule has 0 aliphatic carbocycles. The maximum Gasteiger partial charge on any atom is 0.0546 e. The Balaban J connectivity index is 1.42. The van der Waals surface area contributed by atoms with Crippen LogP contribution >= 0.6 is 0 Å². The highest BCUT2D eigenvalue weighted by Crippen LogP contribution is 2.44. The Hall–Kier alpha value is -6.18. The second-order valence-electron chi connectivity index (χ2n) is 12.7. The topological polar surface area (TPSA) is 3.24 Å². The number of nitrogens with zero attached hydrogens (tertiary/aromatic N) is 1. The van der Waals surface area contributed by atoms with Gasteiger partial charge in [0.2, 0.25) is 0 Å². The molecule has 0 aliphatic rings. The van der Waals surface area contributed by atoms with Crippen LogP contribution in [0.1, 0.15) is 31.9 Å². The molecule has 1 nitrogen and oxygen atoms in total. The van der Waals surface area contributed by atoms with Gasteiger partial charge < -0.3 is 4.90 Å². The summed E-state index contributed by atoms with van der Waals surface area (Å²) in [5.41, 5.74) is 11.9. The van der Waals surface area contributed by atoms with Crippen molar-refractivity contribution < 1.29 is 0 Å². The minimum Gasteiger partial charge on any atom is -0.310 e. The SMILES string of the molecule is C/C=C\C=C/Cc1ccc(-c2ccc(N(c3ccc(C(/C=C\C)=C/C)cc3)c3cc4ccccc4c4ccccc34)cc2-c2ccccc2)cc1. The fraction of sp³-hybridized carbons (Fsp3) is 0.0800. The second kappa shape index (κ2) is 15.6. The molecule has 248 valence electrons. The van der Waals surface area contributed by atoms with Crippen molar-refractivity contribution in [3.8, 4) is 22.3 Å². The van der Waals surface area contributed by atoms with Crippen molar-refractivity contribution in [2.75, 3.05) is 4.90 Å². The van der Waals surface area contributed by atoms with E-state index in [1.54, 1.807) is 0 Å². The summed E-state index contributed by atoms with van der Waals surface area (Å²) < 4.78 is 0. The lowest BCUT2D eigenvalue weighted by Crippen LogP contribution is -2.11. The van der Waals surface area contributed by atoms with Gasteiger partial charge in [0, 0.05) is 16.8 Å². The highest BCUT2D eigenvalue weighted by molar-refractivity contribution is 6.14. The third-order valence-electron chi connectivity index (χ3n) is 9.51. The van der Waals surface area contributed by atoms with Gasteiger partial charge >= 0.3 is 0 Å². The molecule has 0 atom stereocenters. The Labute approximate surface area is 302 Å². The number of allylic oxidation sites excluding steroid dienone is 8. The van der Waals surface area contributed by atoms with Crippen molar-refractivity contribution in [2.45, 2.75) is 27.2 Å². The van der Waals surface area contributed by atoms with E-state index in [9.17, 15) is 0 Å². The molecule has 0 aliphatic heterocycles. The van der Waals surface area contributed by atoms with Crippen LogP contribution in [-0.2, 0) is 6.42 Å². The number of rotatable bonds is 10. The van der Waals surface area contributed by atoms with E-state index in [0.29, 0.717) is 0 Å². The molecule has 0 heterocycles. The van der Waals surface area contributed by atoms with Crippen LogP contribution in [-0.4, -0.2) is 0 Å². The molecular formula is C50H43N. The van der Waals surface area contributed by atoms with Crippen molar-refractivity contribution in [3.05, 3.63) is 205 Å². The van der Waals surface area contributed by atoms with Gasteiger partial charge in [0.05, 0.1) is 5.69 Å². The Morgan fingerprint density at radius 1 is 0.529 bits per heavy atom. The van der Waals surface area contributed by atoms with E-state index in [0.717, 1.165) is 23.5 Å². The second-order valence-corrected chi connectivity index (χ2v) is 12.7. The summed E-state index contributed by atoms with van der Waals surface area (Å²) in [6.45, 7) is 6.20. The normalized spacial score (nSPS) is 12.2. The zero-order chi connectivity index (χ0) is 35.0. The predicted molar refractivity (Wildman–Crippen MR) is 223 cm³/mol. The van der Waals surface area contributed by atoms with Crippen molar-refractivity contribution in [2.24, 2.45) is 0 Å². The first kappa shape index (κ1) is 33.3. The number of fused-ring (bicyclic) bond motifs is 3. The van der Waals surface area contributed by atoms with E-state index in [2.05, 4.69) is 213 Å². The smallest absolute Gasteiger partial charge is 0.0546 e. The third kappa shape index (κ3) is 7.11. The highest BCUT2D eigenvalue weighted by atomic mass is 15.1.